The van der Waals surface area contributed by atoms with Crippen LogP contribution in [0.4, 0.5) is 0 Å². The summed E-state index contributed by atoms with van der Waals surface area (Å²) >= 11 is 0. The highest BCUT2D eigenvalue weighted by Crippen LogP contribution is 2.11. The van der Waals surface area contributed by atoms with Gasteiger partial charge in [-0.25, -0.2) is 0 Å². The van der Waals surface area contributed by atoms with E-state index < -0.39 is 0 Å². The minimum atomic E-state index is -0.0116. The number of allylic oxidation sites excluding steroid dienone is 5. The first-order valence-corrected chi connectivity index (χ1v) is 3.26. The van der Waals surface area contributed by atoms with E-state index in [2.05, 4.69) is 12.7 Å². The van der Waals surface area contributed by atoms with Crippen LogP contribution in [0.5, 0.6) is 0 Å². The lowest BCUT2D eigenvalue weighted by Crippen LogP contribution is -2.10. The summed E-state index contributed by atoms with van der Waals surface area (Å²) in [5, 5.41) is 0. The number of hydrogen-bond donors (Lipinski definition) is 0. The molecule has 1 radical (unpaired) electrons. The SMILES string of the molecule is C=CCC1C=CC=[C]C1=O. The zero-order valence-corrected chi connectivity index (χ0v) is 5.71. The van der Waals surface area contributed by atoms with Gasteiger partial charge in [0.15, 0.2) is 5.78 Å². The molecule has 1 nitrogen and oxygen atoms in total. The van der Waals surface area contributed by atoms with Crippen LogP contribution in [0.15, 0.2) is 30.9 Å². The van der Waals surface area contributed by atoms with E-state index in [0.29, 0.717) is 0 Å². The predicted molar refractivity (Wildman–Crippen MR) is 40.3 cm³/mol. The summed E-state index contributed by atoms with van der Waals surface area (Å²) in [5.41, 5.74) is 0. The van der Waals surface area contributed by atoms with Gasteiger partial charge in [0, 0.05) is 12.0 Å². The standard InChI is InChI=1S/C9H9O/c1-2-5-8-6-3-4-7-9(8)10/h2-4,6,8H,1,5H2. The monoisotopic (exact) mass is 133 g/mol. The van der Waals surface area contributed by atoms with Gasteiger partial charge in [0.25, 0.3) is 0 Å². The summed E-state index contributed by atoms with van der Waals surface area (Å²) in [6, 6.07) is 0. The average Bonchev–Trinajstić information content (AvgIpc) is 1.94. The molecule has 0 saturated carbocycles. The Morgan fingerprint density at radius 3 is 3.20 bits per heavy atom. The lowest BCUT2D eigenvalue weighted by molar-refractivity contribution is -0.117. The Morgan fingerprint density at radius 1 is 1.80 bits per heavy atom. The summed E-state index contributed by atoms with van der Waals surface area (Å²) in [7, 11) is 0. The van der Waals surface area contributed by atoms with Crippen molar-refractivity contribution in [3.8, 4) is 0 Å². The van der Waals surface area contributed by atoms with Crippen molar-refractivity contribution in [3.63, 3.8) is 0 Å². The molecule has 1 aliphatic carbocycles. The fourth-order valence-electron chi connectivity index (χ4n) is 0.880. The third-order valence-electron chi connectivity index (χ3n) is 1.42. The molecule has 0 N–H and O–H groups in total. The van der Waals surface area contributed by atoms with Crippen LogP contribution in [0, 0.1) is 12.0 Å². The number of Topliss-reactive ketones (excluding diaryl/α,β-unsaturated/α-hetero) is 1. The molecule has 0 fully saturated rings. The molecule has 1 aliphatic rings. The third kappa shape index (κ3) is 1.44. The normalized spacial score (nSPS) is 23.2. The molecule has 0 saturated heterocycles. The highest BCUT2D eigenvalue weighted by atomic mass is 16.1. The van der Waals surface area contributed by atoms with Crippen molar-refractivity contribution in [3.05, 3.63) is 37.0 Å². The maximum atomic E-state index is 10.9. The Balaban J connectivity index is 2.60. The van der Waals surface area contributed by atoms with E-state index in [4.69, 9.17) is 0 Å². The van der Waals surface area contributed by atoms with E-state index in [1.165, 1.54) is 0 Å². The van der Waals surface area contributed by atoms with Crippen LogP contribution < -0.4 is 0 Å². The summed E-state index contributed by atoms with van der Waals surface area (Å²) in [5.74, 6) is 0.0462. The van der Waals surface area contributed by atoms with E-state index in [0.717, 1.165) is 6.42 Å². The van der Waals surface area contributed by atoms with E-state index in [-0.39, 0.29) is 11.7 Å². The van der Waals surface area contributed by atoms with Gasteiger partial charge in [0.05, 0.1) is 0 Å². The number of ketones is 1. The Bertz CT molecular complexity index is 199. The molecule has 0 aliphatic heterocycles. The molecule has 0 spiro atoms. The molecule has 1 heteroatoms. The molecule has 0 bridgehead atoms. The molecule has 1 unspecified atom stereocenters. The Hall–Kier alpha value is -1.11. The molecule has 10 heavy (non-hydrogen) atoms. The van der Waals surface area contributed by atoms with Crippen LogP contribution >= 0.6 is 0 Å². The molecule has 51 valence electrons. The fraction of sp³-hybridized carbons (Fsp3) is 0.222. The smallest absolute Gasteiger partial charge is 0.170 e. The van der Waals surface area contributed by atoms with Crippen LogP contribution in [-0.2, 0) is 4.79 Å². The first-order chi connectivity index (χ1) is 4.84. The first-order valence-electron chi connectivity index (χ1n) is 3.26. The molecule has 1 rings (SSSR count). The van der Waals surface area contributed by atoms with Gasteiger partial charge in [-0.3, -0.25) is 4.79 Å². The molecule has 0 aromatic heterocycles. The average molecular weight is 133 g/mol. The van der Waals surface area contributed by atoms with Gasteiger partial charge in [-0.15, -0.1) is 6.58 Å². The summed E-state index contributed by atoms with van der Waals surface area (Å²) in [4.78, 5) is 10.9. The Morgan fingerprint density at radius 2 is 2.60 bits per heavy atom. The van der Waals surface area contributed by atoms with Crippen molar-refractivity contribution in [2.45, 2.75) is 6.42 Å². The van der Waals surface area contributed by atoms with Gasteiger partial charge in [-0.1, -0.05) is 24.3 Å². The summed E-state index contributed by atoms with van der Waals surface area (Å²) in [6.07, 6.45) is 10.4. The highest BCUT2D eigenvalue weighted by molar-refractivity contribution is 5.90. The van der Waals surface area contributed by atoms with E-state index in [1.807, 2.05) is 12.2 Å². The highest BCUT2D eigenvalue weighted by Gasteiger charge is 2.12. The van der Waals surface area contributed by atoms with Gasteiger partial charge in [0.2, 0.25) is 0 Å². The zero-order chi connectivity index (χ0) is 7.40. The third-order valence-corrected chi connectivity index (χ3v) is 1.42. The molecule has 0 aromatic rings. The largest absolute Gasteiger partial charge is 0.293 e. The van der Waals surface area contributed by atoms with Gasteiger partial charge in [-0.05, 0) is 6.42 Å². The Labute approximate surface area is 60.7 Å². The van der Waals surface area contributed by atoms with Gasteiger partial charge < -0.3 is 0 Å². The van der Waals surface area contributed by atoms with Crippen LogP contribution in [0.2, 0.25) is 0 Å². The maximum Gasteiger partial charge on any atom is 0.170 e. The van der Waals surface area contributed by atoms with Crippen molar-refractivity contribution in [1.82, 2.24) is 0 Å². The van der Waals surface area contributed by atoms with Gasteiger partial charge in [0.1, 0.15) is 0 Å². The van der Waals surface area contributed by atoms with Crippen molar-refractivity contribution in [2.75, 3.05) is 0 Å². The molecule has 1 atom stereocenters. The van der Waals surface area contributed by atoms with Crippen molar-refractivity contribution < 1.29 is 4.79 Å². The molecule has 0 amide bonds. The number of carbonyl (C=O) groups is 1. The first kappa shape index (κ1) is 7.00. The van der Waals surface area contributed by atoms with Crippen LogP contribution in [0.1, 0.15) is 6.42 Å². The second-order valence-corrected chi connectivity index (χ2v) is 2.19. The fourth-order valence-corrected chi connectivity index (χ4v) is 0.880. The molecule has 0 heterocycles. The van der Waals surface area contributed by atoms with E-state index in [9.17, 15) is 4.79 Å². The number of hydrogen-bond acceptors (Lipinski definition) is 1. The summed E-state index contributed by atoms with van der Waals surface area (Å²) in [6.45, 7) is 3.57. The predicted octanol–water partition coefficient (Wildman–Crippen LogP) is 1.68. The molecular formula is C9H9O. The zero-order valence-electron chi connectivity index (χ0n) is 5.71. The minimum absolute atomic E-state index is 0.0116. The molecule has 0 aromatic carbocycles. The lowest BCUT2D eigenvalue weighted by atomic mass is 9.96. The Kier molecular flexibility index (Phi) is 2.21. The quantitative estimate of drug-likeness (QED) is 0.524. The topological polar surface area (TPSA) is 17.1 Å². The summed E-state index contributed by atoms with van der Waals surface area (Å²) < 4.78 is 0. The number of carbonyl (C=O) groups excluding carboxylic acids is 1. The van der Waals surface area contributed by atoms with Gasteiger partial charge in [-0.2, -0.15) is 0 Å². The maximum absolute atomic E-state index is 10.9. The van der Waals surface area contributed by atoms with Crippen LogP contribution in [0.25, 0.3) is 0 Å². The van der Waals surface area contributed by atoms with Gasteiger partial charge >= 0.3 is 0 Å². The lowest BCUT2D eigenvalue weighted by Gasteiger charge is -2.06. The second kappa shape index (κ2) is 3.16. The van der Waals surface area contributed by atoms with Crippen molar-refractivity contribution in [2.24, 2.45) is 5.92 Å². The van der Waals surface area contributed by atoms with Crippen LogP contribution in [0.3, 0.4) is 0 Å². The minimum Gasteiger partial charge on any atom is -0.293 e. The van der Waals surface area contributed by atoms with E-state index in [1.54, 1.807) is 12.2 Å². The van der Waals surface area contributed by atoms with Crippen LogP contribution in [-0.4, -0.2) is 5.78 Å². The van der Waals surface area contributed by atoms with Crippen molar-refractivity contribution in [1.29, 1.82) is 0 Å². The number of rotatable bonds is 2. The molecular weight excluding hydrogens is 124 g/mol. The second-order valence-electron chi connectivity index (χ2n) is 2.19. The van der Waals surface area contributed by atoms with Crippen molar-refractivity contribution >= 4 is 5.78 Å². The van der Waals surface area contributed by atoms with E-state index >= 15 is 0 Å².